The van der Waals surface area contributed by atoms with Crippen LogP contribution in [0.3, 0.4) is 0 Å². The molecule has 1 fully saturated rings. The first kappa shape index (κ1) is 11.9. The summed E-state index contributed by atoms with van der Waals surface area (Å²) in [6, 6.07) is 10.5. The van der Waals surface area contributed by atoms with Crippen LogP contribution in [-0.2, 0) is 6.54 Å². The standard InChI is InChI=1S/C12H15IN2O/c13-12(16)15-8-6-14(7-9-15)10-11-4-2-1-3-5-11/h1-5H,6-10H2. The molecule has 1 aliphatic heterocycles. The Morgan fingerprint density at radius 3 is 2.31 bits per heavy atom. The molecule has 1 aromatic carbocycles. The zero-order valence-electron chi connectivity index (χ0n) is 9.10. The molecule has 1 heterocycles. The summed E-state index contributed by atoms with van der Waals surface area (Å²) in [4.78, 5) is 15.5. The molecule has 16 heavy (non-hydrogen) atoms. The Labute approximate surface area is 110 Å². The average molecular weight is 330 g/mol. The highest BCUT2D eigenvalue weighted by Gasteiger charge is 2.18. The van der Waals surface area contributed by atoms with Crippen molar-refractivity contribution in [2.75, 3.05) is 26.2 Å². The number of carbonyl (C=O) groups excluding carboxylic acids is 1. The van der Waals surface area contributed by atoms with Gasteiger partial charge in [-0.2, -0.15) is 0 Å². The fraction of sp³-hybridized carbons (Fsp3) is 0.417. The van der Waals surface area contributed by atoms with Gasteiger partial charge in [0.05, 0.1) is 0 Å². The minimum atomic E-state index is 0.164. The third-order valence-electron chi connectivity index (χ3n) is 2.87. The SMILES string of the molecule is O=C(I)N1CCN(Cc2ccccc2)CC1. The minimum Gasteiger partial charge on any atom is -0.332 e. The number of amides is 1. The van der Waals surface area contributed by atoms with E-state index in [-0.39, 0.29) is 3.91 Å². The molecule has 4 heteroatoms. The number of halogens is 1. The number of rotatable bonds is 2. The van der Waals surface area contributed by atoms with Crippen molar-refractivity contribution in [3.63, 3.8) is 0 Å². The molecule has 3 nitrogen and oxygen atoms in total. The minimum absolute atomic E-state index is 0.164. The zero-order valence-corrected chi connectivity index (χ0v) is 11.3. The van der Waals surface area contributed by atoms with Crippen molar-refractivity contribution >= 4 is 26.5 Å². The molecular weight excluding hydrogens is 315 g/mol. The van der Waals surface area contributed by atoms with Gasteiger partial charge < -0.3 is 4.90 Å². The van der Waals surface area contributed by atoms with Gasteiger partial charge in [-0.3, -0.25) is 9.69 Å². The molecule has 0 aromatic heterocycles. The van der Waals surface area contributed by atoms with E-state index in [2.05, 4.69) is 29.2 Å². The lowest BCUT2D eigenvalue weighted by molar-refractivity contribution is 0.151. The second-order valence-corrected chi connectivity index (χ2v) is 4.92. The molecule has 1 aromatic rings. The van der Waals surface area contributed by atoms with E-state index in [0.717, 1.165) is 32.7 Å². The van der Waals surface area contributed by atoms with Gasteiger partial charge in [0.25, 0.3) is 3.91 Å². The van der Waals surface area contributed by atoms with Crippen LogP contribution < -0.4 is 0 Å². The van der Waals surface area contributed by atoms with Crippen LogP contribution in [-0.4, -0.2) is 39.9 Å². The average Bonchev–Trinajstić information content (AvgIpc) is 2.31. The van der Waals surface area contributed by atoms with Crippen LogP contribution in [0.5, 0.6) is 0 Å². The largest absolute Gasteiger partial charge is 0.332 e. The first-order valence-electron chi connectivity index (χ1n) is 5.46. The van der Waals surface area contributed by atoms with Crippen molar-refractivity contribution in [2.24, 2.45) is 0 Å². The Morgan fingerprint density at radius 2 is 1.75 bits per heavy atom. The van der Waals surface area contributed by atoms with E-state index in [1.165, 1.54) is 5.56 Å². The molecule has 0 saturated carbocycles. The highest BCUT2D eigenvalue weighted by molar-refractivity contribution is 14.1. The Hall–Kier alpha value is -0.620. The molecule has 1 amide bonds. The second kappa shape index (κ2) is 5.63. The quantitative estimate of drug-likeness (QED) is 0.472. The summed E-state index contributed by atoms with van der Waals surface area (Å²) in [6.07, 6.45) is 0. The molecule has 0 spiro atoms. The predicted molar refractivity (Wildman–Crippen MR) is 72.7 cm³/mol. The van der Waals surface area contributed by atoms with E-state index < -0.39 is 0 Å². The van der Waals surface area contributed by atoms with Gasteiger partial charge in [0.2, 0.25) is 0 Å². The van der Waals surface area contributed by atoms with Gasteiger partial charge in [-0.15, -0.1) is 0 Å². The summed E-state index contributed by atoms with van der Waals surface area (Å²) in [5, 5.41) is 0. The highest BCUT2D eigenvalue weighted by Crippen LogP contribution is 2.10. The number of benzene rings is 1. The fourth-order valence-electron chi connectivity index (χ4n) is 1.92. The van der Waals surface area contributed by atoms with E-state index in [1.807, 2.05) is 33.6 Å². The Balaban J connectivity index is 1.84. The molecule has 0 atom stereocenters. The maximum absolute atomic E-state index is 11.2. The molecule has 2 rings (SSSR count). The van der Waals surface area contributed by atoms with Crippen LogP contribution in [0.15, 0.2) is 30.3 Å². The summed E-state index contributed by atoms with van der Waals surface area (Å²) in [5.41, 5.74) is 1.34. The Kier molecular flexibility index (Phi) is 4.17. The van der Waals surface area contributed by atoms with Crippen LogP contribution in [0, 0.1) is 0 Å². The maximum atomic E-state index is 11.2. The summed E-state index contributed by atoms with van der Waals surface area (Å²) < 4.78 is 0.164. The van der Waals surface area contributed by atoms with Crippen molar-refractivity contribution in [1.29, 1.82) is 0 Å². The van der Waals surface area contributed by atoms with Gasteiger partial charge in [-0.25, -0.2) is 0 Å². The van der Waals surface area contributed by atoms with E-state index >= 15 is 0 Å². The van der Waals surface area contributed by atoms with Crippen molar-refractivity contribution in [2.45, 2.75) is 6.54 Å². The Morgan fingerprint density at radius 1 is 1.12 bits per heavy atom. The molecular formula is C12H15IN2O. The molecule has 1 saturated heterocycles. The fourth-order valence-corrected chi connectivity index (χ4v) is 2.41. The van der Waals surface area contributed by atoms with Gasteiger partial charge in [0, 0.05) is 55.3 Å². The van der Waals surface area contributed by atoms with Crippen molar-refractivity contribution in [3.8, 4) is 0 Å². The molecule has 0 unspecified atom stereocenters. The van der Waals surface area contributed by atoms with Gasteiger partial charge in [-0.1, -0.05) is 30.3 Å². The van der Waals surface area contributed by atoms with Crippen LogP contribution in [0.2, 0.25) is 0 Å². The van der Waals surface area contributed by atoms with Crippen LogP contribution in [0.25, 0.3) is 0 Å². The number of hydrogen-bond donors (Lipinski definition) is 0. The van der Waals surface area contributed by atoms with Crippen molar-refractivity contribution in [3.05, 3.63) is 35.9 Å². The van der Waals surface area contributed by atoms with Gasteiger partial charge in [0.15, 0.2) is 0 Å². The molecule has 0 N–H and O–H groups in total. The second-order valence-electron chi connectivity index (χ2n) is 4.00. The number of carbonyl (C=O) groups is 1. The summed E-state index contributed by atoms with van der Waals surface area (Å²) in [7, 11) is 0. The normalized spacial score (nSPS) is 17.4. The lowest BCUT2D eigenvalue weighted by atomic mass is 10.2. The van der Waals surface area contributed by atoms with E-state index in [0.29, 0.717) is 0 Å². The number of nitrogens with zero attached hydrogens (tertiary/aromatic N) is 2. The lowest BCUT2D eigenvalue weighted by Crippen LogP contribution is -2.46. The molecule has 1 aliphatic rings. The molecule has 0 bridgehead atoms. The molecule has 0 aliphatic carbocycles. The number of hydrogen-bond acceptors (Lipinski definition) is 2. The Bertz CT molecular complexity index is 347. The van der Waals surface area contributed by atoms with E-state index in [1.54, 1.807) is 0 Å². The van der Waals surface area contributed by atoms with Gasteiger partial charge in [-0.05, 0) is 5.56 Å². The van der Waals surface area contributed by atoms with E-state index in [9.17, 15) is 4.79 Å². The first-order chi connectivity index (χ1) is 7.75. The van der Waals surface area contributed by atoms with Crippen LogP contribution >= 0.6 is 22.6 Å². The van der Waals surface area contributed by atoms with Crippen LogP contribution in [0.4, 0.5) is 4.79 Å². The van der Waals surface area contributed by atoms with Crippen molar-refractivity contribution < 1.29 is 4.79 Å². The predicted octanol–water partition coefficient (Wildman–Crippen LogP) is 2.36. The summed E-state index contributed by atoms with van der Waals surface area (Å²) in [6.45, 7) is 4.65. The van der Waals surface area contributed by atoms with Gasteiger partial charge in [0.1, 0.15) is 0 Å². The summed E-state index contributed by atoms with van der Waals surface area (Å²) in [5.74, 6) is 0. The summed E-state index contributed by atoms with van der Waals surface area (Å²) >= 11 is 1.86. The highest BCUT2D eigenvalue weighted by atomic mass is 127. The van der Waals surface area contributed by atoms with E-state index in [4.69, 9.17) is 0 Å². The third kappa shape index (κ3) is 3.18. The monoisotopic (exact) mass is 330 g/mol. The lowest BCUT2D eigenvalue weighted by Gasteiger charge is -2.33. The van der Waals surface area contributed by atoms with Crippen molar-refractivity contribution in [1.82, 2.24) is 9.80 Å². The maximum Gasteiger partial charge on any atom is 0.283 e. The number of piperazine rings is 1. The zero-order chi connectivity index (χ0) is 11.4. The first-order valence-corrected chi connectivity index (χ1v) is 6.54. The van der Waals surface area contributed by atoms with Crippen LogP contribution in [0.1, 0.15) is 5.56 Å². The topological polar surface area (TPSA) is 23.6 Å². The smallest absolute Gasteiger partial charge is 0.283 e. The molecule has 86 valence electrons. The van der Waals surface area contributed by atoms with Gasteiger partial charge >= 0.3 is 0 Å². The third-order valence-corrected chi connectivity index (χ3v) is 3.55. The molecule has 0 radical (unpaired) electrons.